The van der Waals surface area contributed by atoms with E-state index < -0.39 is 0 Å². The molecule has 0 aliphatic carbocycles. The number of rotatable bonds is 5. The topological polar surface area (TPSA) is 23.9 Å². The van der Waals surface area contributed by atoms with Crippen LogP contribution in [0.5, 0.6) is 0 Å². The first-order chi connectivity index (χ1) is 5.07. The van der Waals surface area contributed by atoms with Gasteiger partial charge in [-0.3, -0.25) is 0 Å². The molecule has 0 saturated heterocycles. The zero-order chi connectivity index (χ0) is 8.85. The Bertz CT molecular complexity index is 118. The lowest BCUT2D eigenvalue weighted by atomic mass is 9.89. The van der Waals surface area contributed by atoms with Crippen molar-refractivity contribution in [3.63, 3.8) is 0 Å². The second-order valence-electron chi connectivity index (χ2n) is 3.68. The van der Waals surface area contributed by atoms with Crippen LogP contribution < -0.4 is 0 Å². The lowest BCUT2D eigenvalue weighted by Gasteiger charge is -2.17. The van der Waals surface area contributed by atoms with Gasteiger partial charge in [0.05, 0.1) is 0 Å². The molecule has 0 aromatic heterocycles. The fraction of sp³-hybridized carbons (Fsp3) is 0.900. The molecule has 0 heterocycles. The predicted molar refractivity (Wildman–Crippen MR) is 51.3 cm³/mol. The quantitative estimate of drug-likeness (QED) is 0.588. The average Bonchev–Trinajstić information content (AvgIpc) is 1.98. The van der Waals surface area contributed by atoms with E-state index in [1.54, 1.807) is 0 Å². The van der Waals surface area contributed by atoms with Gasteiger partial charge in [-0.1, -0.05) is 27.2 Å². The molecular weight excluding hydrogens is 134 g/mol. The van der Waals surface area contributed by atoms with E-state index in [2.05, 4.69) is 20.8 Å². The van der Waals surface area contributed by atoms with Gasteiger partial charge in [-0.25, -0.2) is 0 Å². The van der Waals surface area contributed by atoms with Crippen molar-refractivity contribution in [2.45, 2.75) is 47.0 Å². The summed E-state index contributed by atoms with van der Waals surface area (Å²) in [7, 11) is 0. The molecule has 0 aliphatic rings. The van der Waals surface area contributed by atoms with Crippen LogP contribution >= 0.6 is 0 Å². The summed E-state index contributed by atoms with van der Waals surface area (Å²) < 4.78 is 0. The fourth-order valence-corrected chi connectivity index (χ4v) is 1.13. The summed E-state index contributed by atoms with van der Waals surface area (Å²) in [5.74, 6) is 1.59. The summed E-state index contributed by atoms with van der Waals surface area (Å²) >= 11 is 0. The molecule has 0 radical (unpaired) electrons. The van der Waals surface area contributed by atoms with Crippen LogP contribution in [-0.2, 0) is 0 Å². The number of hydrogen-bond donors (Lipinski definition) is 1. The van der Waals surface area contributed by atoms with Crippen molar-refractivity contribution in [3.05, 3.63) is 0 Å². The summed E-state index contributed by atoms with van der Waals surface area (Å²) in [6.45, 7) is 8.71. The van der Waals surface area contributed by atoms with E-state index >= 15 is 0 Å². The Morgan fingerprint density at radius 1 is 1.27 bits per heavy atom. The van der Waals surface area contributed by atoms with Gasteiger partial charge in [0.15, 0.2) is 0 Å². The van der Waals surface area contributed by atoms with Gasteiger partial charge < -0.3 is 5.41 Å². The Hall–Kier alpha value is -0.330. The summed E-state index contributed by atoms with van der Waals surface area (Å²) in [5, 5.41) is 7.29. The molecule has 0 aromatic rings. The highest BCUT2D eigenvalue weighted by Gasteiger charge is 2.09. The Labute approximate surface area is 70.7 Å². The van der Waals surface area contributed by atoms with E-state index in [1.807, 2.05) is 6.92 Å². The van der Waals surface area contributed by atoms with Crippen molar-refractivity contribution in [1.29, 1.82) is 5.41 Å². The largest absolute Gasteiger partial charge is 0.310 e. The van der Waals surface area contributed by atoms with Crippen LogP contribution in [0.4, 0.5) is 0 Å². The standard InChI is InChI=1S/C10H21N/c1-5-8(2)9(3)6-7-10(4)11/h8-9,11H,5-7H2,1-4H3. The molecule has 66 valence electrons. The first kappa shape index (κ1) is 10.7. The van der Waals surface area contributed by atoms with Crippen LogP contribution in [0, 0.1) is 17.2 Å². The van der Waals surface area contributed by atoms with Crippen LogP contribution in [0.1, 0.15) is 47.0 Å². The molecule has 0 amide bonds. The maximum atomic E-state index is 7.29. The molecule has 2 atom stereocenters. The van der Waals surface area contributed by atoms with E-state index in [0.717, 1.165) is 24.0 Å². The molecule has 0 aromatic carbocycles. The van der Waals surface area contributed by atoms with Crippen LogP contribution in [-0.4, -0.2) is 5.71 Å². The third kappa shape index (κ3) is 5.00. The summed E-state index contributed by atoms with van der Waals surface area (Å²) in [5.41, 5.74) is 0.820. The van der Waals surface area contributed by atoms with Gasteiger partial charge in [0.2, 0.25) is 0 Å². The third-order valence-corrected chi connectivity index (χ3v) is 2.59. The van der Waals surface area contributed by atoms with Crippen molar-refractivity contribution in [2.75, 3.05) is 0 Å². The normalized spacial score (nSPS) is 16.0. The van der Waals surface area contributed by atoms with Gasteiger partial charge in [-0.15, -0.1) is 0 Å². The summed E-state index contributed by atoms with van der Waals surface area (Å²) in [6, 6.07) is 0. The first-order valence-electron chi connectivity index (χ1n) is 4.62. The molecule has 0 saturated carbocycles. The predicted octanol–water partition coefficient (Wildman–Crippen LogP) is 3.49. The molecule has 0 rings (SSSR count). The molecule has 1 N–H and O–H groups in total. The molecule has 0 aliphatic heterocycles. The second kappa shape index (κ2) is 5.34. The zero-order valence-electron chi connectivity index (χ0n) is 8.28. The molecule has 1 heteroatoms. The van der Waals surface area contributed by atoms with Crippen LogP contribution in [0.3, 0.4) is 0 Å². The summed E-state index contributed by atoms with van der Waals surface area (Å²) in [4.78, 5) is 0. The van der Waals surface area contributed by atoms with Crippen molar-refractivity contribution in [2.24, 2.45) is 11.8 Å². The molecule has 1 nitrogen and oxygen atoms in total. The van der Waals surface area contributed by atoms with E-state index in [4.69, 9.17) is 5.41 Å². The van der Waals surface area contributed by atoms with Crippen LogP contribution in [0.15, 0.2) is 0 Å². The van der Waals surface area contributed by atoms with Crippen molar-refractivity contribution >= 4 is 5.71 Å². The van der Waals surface area contributed by atoms with Gasteiger partial charge in [-0.2, -0.15) is 0 Å². The highest BCUT2D eigenvalue weighted by Crippen LogP contribution is 2.19. The average molecular weight is 155 g/mol. The zero-order valence-corrected chi connectivity index (χ0v) is 8.28. The minimum absolute atomic E-state index is 0.778. The molecule has 11 heavy (non-hydrogen) atoms. The second-order valence-corrected chi connectivity index (χ2v) is 3.68. The number of nitrogens with one attached hydrogen (secondary N) is 1. The Morgan fingerprint density at radius 2 is 1.82 bits per heavy atom. The van der Waals surface area contributed by atoms with E-state index in [-0.39, 0.29) is 0 Å². The van der Waals surface area contributed by atoms with E-state index in [9.17, 15) is 0 Å². The fourth-order valence-electron chi connectivity index (χ4n) is 1.13. The molecule has 0 bridgehead atoms. The summed E-state index contributed by atoms with van der Waals surface area (Å²) in [6.07, 6.45) is 3.42. The number of hydrogen-bond acceptors (Lipinski definition) is 1. The van der Waals surface area contributed by atoms with E-state index in [1.165, 1.54) is 12.8 Å². The van der Waals surface area contributed by atoms with Gasteiger partial charge in [-0.05, 0) is 31.6 Å². The Morgan fingerprint density at radius 3 is 2.18 bits per heavy atom. The van der Waals surface area contributed by atoms with Crippen molar-refractivity contribution < 1.29 is 0 Å². The van der Waals surface area contributed by atoms with Crippen LogP contribution in [0.2, 0.25) is 0 Å². The lowest BCUT2D eigenvalue weighted by molar-refractivity contribution is 0.360. The van der Waals surface area contributed by atoms with Crippen molar-refractivity contribution in [3.8, 4) is 0 Å². The van der Waals surface area contributed by atoms with Gasteiger partial charge in [0.1, 0.15) is 0 Å². The van der Waals surface area contributed by atoms with Gasteiger partial charge >= 0.3 is 0 Å². The van der Waals surface area contributed by atoms with Crippen molar-refractivity contribution in [1.82, 2.24) is 0 Å². The monoisotopic (exact) mass is 155 g/mol. The SMILES string of the molecule is CCC(C)C(C)CCC(C)=N. The molecule has 0 fully saturated rings. The lowest BCUT2D eigenvalue weighted by Crippen LogP contribution is -2.07. The smallest absolute Gasteiger partial charge is 0.00583 e. The minimum Gasteiger partial charge on any atom is -0.310 e. The maximum absolute atomic E-state index is 7.29. The highest BCUT2D eigenvalue weighted by atomic mass is 14.4. The van der Waals surface area contributed by atoms with Gasteiger partial charge in [0, 0.05) is 5.71 Å². The van der Waals surface area contributed by atoms with E-state index in [0.29, 0.717) is 0 Å². The van der Waals surface area contributed by atoms with Crippen LogP contribution in [0.25, 0.3) is 0 Å². The molecule has 0 spiro atoms. The third-order valence-electron chi connectivity index (χ3n) is 2.59. The minimum atomic E-state index is 0.778. The molecular formula is C10H21N. The highest BCUT2D eigenvalue weighted by molar-refractivity contribution is 5.78. The first-order valence-corrected chi connectivity index (χ1v) is 4.62. The Balaban J connectivity index is 3.51. The molecule has 2 unspecified atom stereocenters. The van der Waals surface area contributed by atoms with Gasteiger partial charge in [0.25, 0.3) is 0 Å². The maximum Gasteiger partial charge on any atom is 0.00583 e. The Kier molecular flexibility index (Phi) is 5.18.